The fourth-order valence-corrected chi connectivity index (χ4v) is 6.22. The van der Waals surface area contributed by atoms with E-state index in [4.69, 9.17) is 21.4 Å². The van der Waals surface area contributed by atoms with Crippen molar-refractivity contribution in [3.05, 3.63) is 99.4 Å². The number of hydrogen-bond donors (Lipinski definition) is 1. The minimum absolute atomic E-state index is 0.0161. The van der Waals surface area contributed by atoms with Gasteiger partial charge in [-0.3, -0.25) is 9.59 Å². The second kappa shape index (κ2) is 11.4. The molecule has 194 valence electrons. The standard InChI is InChI=1S/C31H28ClNO4S/c1-2-33(14-12-21-7-3-4-9-26(21)32)31(36)28-19-24-13-15-37-27-18-23(10-11-25(27)30(24)38-28)22-8-5-6-20(16-22)17-29(34)35/h3-11,16,18-19H,2,12-15,17H2,1H3,(H,34,35). The van der Waals surface area contributed by atoms with Crippen LogP contribution in [0.15, 0.2) is 72.8 Å². The molecule has 0 aliphatic carbocycles. The largest absolute Gasteiger partial charge is 0.493 e. The third-order valence-electron chi connectivity index (χ3n) is 6.77. The lowest BCUT2D eigenvalue weighted by molar-refractivity contribution is -0.136. The van der Waals surface area contributed by atoms with E-state index in [1.54, 1.807) is 0 Å². The van der Waals surface area contributed by atoms with Gasteiger partial charge < -0.3 is 14.7 Å². The number of carbonyl (C=O) groups excluding carboxylic acids is 1. The molecule has 2 heterocycles. The lowest BCUT2D eigenvalue weighted by Gasteiger charge is -2.20. The highest BCUT2D eigenvalue weighted by Crippen LogP contribution is 2.42. The zero-order valence-corrected chi connectivity index (χ0v) is 22.6. The molecule has 38 heavy (non-hydrogen) atoms. The first-order chi connectivity index (χ1) is 18.4. The molecule has 4 aromatic rings. The van der Waals surface area contributed by atoms with E-state index in [1.807, 2.05) is 84.6 Å². The van der Waals surface area contributed by atoms with E-state index in [2.05, 4.69) is 0 Å². The number of rotatable bonds is 8. The van der Waals surface area contributed by atoms with Crippen LogP contribution in [0.4, 0.5) is 0 Å². The van der Waals surface area contributed by atoms with Crippen molar-refractivity contribution in [1.29, 1.82) is 0 Å². The Balaban J connectivity index is 1.39. The summed E-state index contributed by atoms with van der Waals surface area (Å²) < 4.78 is 6.12. The third kappa shape index (κ3) is 5.62. The molecule has 1 amide bonds. The second-order valence-corrected chi connectivity index (χ2v) is 10.7. The number of fused-ring (bicyclic) bond motifs is 3. The predicted molar refractivity (Wildman–Crippen MR) is 152 cm³/mol. The maximum Gasteiger partial charge on any atom is 0.307 e. The van der Waals surface area contributed by atoms with Crippen LogP contribution in [0.25, 0.3) is 21.6 Å². The van der Waals surface area contributed by atoms with Crippen molar-refractivity contribution < 1.29 is 19.4 Å². The number of ether oxygens (including phenoxy) is 1. The van der Waals surface area contributed by atoms with Crippen molar-refractivity contribution in [3.63, 3.8) is 0 Å². The molecule has 5 rings (SSSR count). The molecule has 1 N–H and O–H groups in total. The van der Waals surface area contributed by atoms with Gasteiger partial charge in [-0.15, -0.1) is 11.3 Å². The second-order valence-electron chi connectivity index (χ2n) is 9.27. The molecule has 0 bridgehead atoms. The summed E-state index contributed by atoms with van der Waals surface area (Å²) in [5.41, 5.74) is 5.80. The average molecular weight is 546 g/mol. The molecular formula is C31H28ClNO4S. The van der Waals surface area contributed by atoms with Gasteiger partial charge in [0.05, 0.1) is 17.9 Å². The Hall–Kier alpha value is -3.61. The van der Waals surface area contributed by atoms with E-state index in [-0.39, 0.29) is 12.3 Å². The summed E-state index contributed by atoms with van der Waals surface area (Å²) in [5, 5.41) is 9.87. The highest BCUT2D eigenvalue weighted by Gasteiger charge is 2.24. The van der Waals surface area contributed by atoms with Gasteiger partial charge in [-0.2, -0.15) is 0 Å². The van der Waals surface area contributed by atoms with E-state index in [9.17, 15) is 9.59 Å². The monoisotopic (exact) mass is 545 g/mol. The molecule has 1 aliphatic rings. The zero-order valence-electron chi connectivity index (χ0n) is 21.1. The highest BCUT2D eigenvalue weighted by atomic mass is 35.5. The fraction of sp³-hybridized carbons (Fsp3) is 0.226. The van der Waals surface area contributed by atoms with Gasteiger partial charge in [-0.1, -0.05) is 60.1 Å². The molecule has 0 saturated heterocycles. The van der Waals surface area contributed by atoms with E-state index in [0.29, 0.717) is 26.1 Å². The molecule has 0 radical (unpaired) electrons. The van der Waals surface area contributed by atoms with Crippen molar-refractivity contribution >= 4 is 34.8 Å². The number of carbonyl (C=O) groups is 2. The number of benzene rings is 3. The molecule has 1 aliphatic heterocycles. The van der Waals surface area contributed by atoms with Gasteiger partial charge in [0.1, 0.15) is 5.75 Å². The van der Waals surface area contributed by atoms with Crippen LogP contribution in [-0.2, 0) is 24.1 Å². The number of halogens is 1. The first-order valence-corrected chi connectivity index (χ1v) is 13.9. The minimum atomic E-state index is -0.853. The van der Waals surface area contributed by atoms with Gasteiger partial charge in [0, 0.05) is 35.0 Å². The summed E-state index contributed by atoms with van der Waals surface area (Å²) >= 11 is 7.84. The molecule has 0 unspecified atom stereocenters. The van der Waals surface area contributed by atoms with Crippen LogP contribution in [0.2, 0.25) is 5.02 Å². The van der Waals surface area contributed by atoms with E-state index >= 15 is 0 Å². The van der Waals surface area contributed by atoms with Gasteiger partial charge in [-0.25, -0.2) is 0 Å². The summed E-state index contributed by atoms with van der Waals surface area (Å²) in [6, 6.07) is 23.4. The molecule has 5 nitrogen and oxygen atoms in total. The van der Waals surface area contributed by atoms with E-state index in [1.165, 1.54) is 11.3 Å². The maximum absolute atomic E-state index is 13.5. The lowest BCUT2D eigenvalue weighted by Crippen LogP contribution is -2.32. The molecule has 7 heteroatoms. The fourth-order valence-electron chi connectivity index (χ4n) is 4.78. The van der Waals surface area contributed by atoms with Crippen molar-refractivity contribution in [1.82, 2.24) is 4.90 Å². The Morgan fingerprint density at radius 3 is 2.63 bits per heavy atom. The number of carboxylic acid groups (broad SMARTS) is 1. The van der Waals surface area contributed by atoms with Gasteiger partial charge in [-0.05, 0) is 65.4 Å². The lowest BCUT2D eigenvalue weighted by atomic mass is 9.99. The number of thiophene rings is 1. The Kier molecular flexibility index (Phi) is 7.82. The maximum atomic E-state index is 13.5. The van der Waals surface area contributed by atoms with Crippen LogP contribution in [0.5, 0.6) is 5.75 Å². The quantitative estimate of drug-likeness (QED) is 0.259. The highest BCUT2D eigenvalue weighted by molar-refractivity contribution is 7.17. The number of hydrogen-bond acceptors (Lipinski definition) is 4. The van der Waals surface area contributed by atoms with Crippen LogP contribution < -0.4 is 4.74 Å². The molecule has 0 saturated carbocycles. The summed E-state index contributed by atoms with van der Waals surface area (Å²) in [6.07, 6.45) is 1.41. The Bertz CT molecular complexity index is 1490. The number of carboxylic acids is 1. The molecule has 1 aromatic heterocycles. The van der Waals surface area contributed by atoms with Crippen molar-refractivity contribution in [2.45, 2.75) is 26.2 Å². The summed E-state index contributed by atoms with van der Waals surface area (Å²) in [6.45, 7) is 3.75. The Labute approximate surface area is 231 Å². The Morgan fingerprint density at radius 1 is 1.03 bits per heavy atom. The molecule has 0 fully saturated rings. The smallest absolute Gasteiger partial charge is 0.307 e. The molecule has 0 spiro atoms. The first kappa shape index (κ1) is 26.0. The summed E-state index contributed by atoms with van der Waals surface area (Å²) in [5.74, 6) is -0.0442. The number of amides is 1. The Morgan fingerprint density at radius 2 is 1.84 bits per heavy atom. The van der Waals surface area contributed by atoms with Crippen LogP contribution in [-0.4, -0.2) is 41.6 Å². The number of nitrogens with zero attached hydrogens (tertiary/aromatic N) is 1. The molecule has 3 aromatic carbocycles. The van der Waals surface area contributed by atoms with Crippen molar-refractivity contribution in [2.75, 3.05) is 19.7 Å². The normalized spacial score (nSPS) is 12.2. The van der Waals surface area contributed by atoms with E-state index < -0.39 is 5.97 Å². The first-order valence-electron chi connectivity index (χ1n) is 12.7. The molecular weight excluding hydrogens is 518 g/mol. The average Bonchev–Trinajstić information content (AvgIpc) is 3.26. The van der Waals surface area contributed by atoms with Gasteiger partial charge in [0.15, 0.2) is 0 Å². The van der Waals surface area contributed by atoms with Crippen LogP contribution in [0.3, 0.4) is 0 Å². The van der Waals surface area contributed by atoms with Gasteiger partial charge in [0.25, 0.3) is 5.91 Å². The molecule has 0 atom stereocenters. The summed E-state index contributed by atoms with van der Waals surface area (Å²) in [4.78, 5) is 28.3. The van der Waals surface area contributed by atoms with Gasteiger partial charge in [0.2, 0.25) is 0 Å². The van der Waals surface area contributed by atoms with Crippen LogP contribution >= 0.6 is 22.9 Å². The van der Waals surface area contributed by atoms with Crippen molar-refractivity contribution in [2.24, 2.45) is 0 Å². The minimum Gasteiger partial charge on any atom is -0.493 e. The summed E-state index contributed by atoms with van der Waals surface area (Å²) in [7, 11) is 0. The zero-order chi connectivity index (χ0) is 26.6. The van der Waals surface area contributed by atoms with E-state index in [0.717, 1.165) is 60.3 Å². The SMILES string of the molecule is CCN(CCc1ccccc1Cl)C(=O)c1cc2c(s1)-c1ccc(-c3cccc(CC(=O)O)c3)cc1OCC2. The van der Waals surface area contributed by atoms with Crippen molar-refractivity contribution in [3.8, 4) is 27.3 Å². The topological polar surface area (TPSA) is 66.8 Å². The van der Waals surface area contributed by atoms with Crippen LogP contribution in [0, 0.1) is 0 Å². The number of aliphatic carboxylic acids is 1. The van der Waals surface area contributed by atoms with Crippen LogP contribution in [0.1, 0.15) is 33.3 Å². The number of likely N-dealkylation sites (N-methyl/N-ethyl adjacent to an activating group) is 1. The van der Waals surface area contributed by atoms with Gasteiger partial charge >= 0.3 is 5.97 Å². The third-order valence-corrected chi connectivity index (χ3v) is 8.34. The predicted octanol–water partition coefficient (Wildman–Crippen LogP) is 7.00.